The van der Waals surface area contributed by atoms with Crippen molar-refractivity contribution in [3.8, 4) is 0 Å². The van der Waals surface area contributed by atoms with Crippen LogP contribution < -0.4 is 0 Å². The number of carbonyl (C=O) groups excluding carboxylic acids is 2. The number of hydrogen-bond acceptors (Lipinski definition) is 5. The molecule has 1 amide bonds. The van der Waals surface area contributed by atoms with Crippen LogP contribution in [0.15, 0.2) is 18.2 Å². The van der Waals surface area contributed by atoms with Crippen LogP contribution in [0.25, 0.3) is 0 Å². The Morgan fingerprint density at radius 1 is 1.29 bits per heavy atom. The molecule has 7 nitrogen and oxygen atoms in total. The minimum atomic E-state index is -0.733. The molecule has 1 aromatic rings. The van der Waals surface area contributed by atoms with E-state index in [-0.39, 0.29) is 35.8 Å². The Hall–Kier alpha value is -2.44. The Labute approximate surface area is 140 Å². The van der Waals surface area contributed by atoms with E-state index in [0.717, 1.165) is 19.3 Å². The number of likely N-dealkylation sites (tertiary alicyclic amines) is 1. The molecule has 0 aromatic heterocycles. The number of aryl methyl sites for hydroxylation is 1. The fourth-order valence-electron chi connectivity index (χ4n) is 3.13. The van der Waals surface area contributed by atoms with Crippen molar-refractivity contribution < 1.29 is 19.2 Å². The molecular weight excluding hydrogens is 312 g/mol. The van der Waals surface area contributed by atoms with Crippen LogP contribution in [0.2, 0.25) is 0 Å². The molecule has 2 rings (SSSR count). The molecule has 0 aliphatic carbocycles. The van der Waals surface area contributed by atoms with Crippen molar-refractivity contribution in [1.29, 1.82) is 0 Å². The van der Waals surface area contributed by atoms with Gasteiger partial charge in [-0.3, -0.25) is 14.9 Å². The number of benzene rings is 1. The van der Waals surface area contributed by atoms with E-state index in [1.807, 2.05) is 13.8 Å². The first kappa shape index (κ1) is 17.9. The summed E-state index contributed by atoms with van der Waals surface area (Å²) in [4.78, 5) is 36.5. The molecular formula is C17H22N2O5. The Balaban J connectivity index is 2.01. The molecule has 1 fully saturated rings. The highest BCUT2D eigenvalue weighted by Gasteiger charge is 2.29. The van der Waals surface area contributed by atoms with Gasteiger partial charge in [0, 0.05) is 23.7 Å². The standard InChI is InChI=1S/C17H22N2O5/c1-11-7-8-14(9-15(11)19(22)23)17(21)24-10-16(20)18-12(2)5-4-6-13(18)3/h7-9,12-13H,4-6,10H2,1-3H3/t12-,13-/m0/s1. The molecule has 1 aliphatic heterocycles. The van der Waals surface area contributed by atoms with Crippen molar-refractivity contribution >= 4 is 17.6 Å². The molecule has 1 saturated heterocycles. The van der Waals surface area contributed by atoms with E-state index >= 15 is 0 Å². The molecule has 0 saturated carbocycles. The van der Waals surface area contributed by atoms with E-state index < -0.39 is 10.9 Å². The molecule has 2 atom stereocenters. The first-order chi connectivity index (χ1) is 11.3. The van der Waals surface area contributed by atoms with Crippen molar-refractivity contribution in [2.24, 2.45) is 0 Å². The summed E-state index contributed by atoms with van der Waals surface area (Å²) in [5.74, 6) is -0.964. The minimum absolute atomic E-state index is 0.0693. The lowest BCUT2D eigenvalue weighted by Gasteiger charge is -2.38. The molecule has 0 N–H and O–H groups in total. The highest BCUT2D eigenvalue weighted by Crippen LogP contribution is 2.23. The highest BCUT2D eigenvalue weighted by atomic mass is 16.6. The quantitative estimate of drug-likeness (QED) is 0.480. The van der Waals surface area contributed by atoms with Gasteiger partial charge in [-0.05, 0) is 46.1 Å². The van der Waals surface area contributed by atoms with Gasteiger partial charge in [0.2, 0.25) is 0 Å². The maximum atomic E-state index is 12.3. The smallest absolute Gasteiger partial charge is 0.338 e. The average molecular weight is 334 g/mol. The van der Waals surface area contributed by atoms with Crippen molar-refractivity contribution in [3.63, 3.8) is 0 Å². The zero-order valence-electron chi connectivity index (χ0n) is 14.2. The fourth-order valence-corrected chi connectivity index (χ4v) is 3.13. The number of nitrogens with zero attached hydrogens (tertiary/aromatic N) is 2. The summed E-state index contributed by atoms with van der Waals surface area (Å²) in [5, 5.41) is 10.9. The van der Waals surface area contributed by atoms with Crippen LogP contribution >= 0.6 is 0 Å². The molecule has 24 heavy (non-hydrogen) atoms. The average Bonchev–Trinajstić information content (AvgIpc) is 2.52. The van der Waals surface area contributed by atoms with Crippen molar-refractivity contribution in [2.75, 3.05) is 6.61 Å². The van der Waals surface area contributed by atoms with E-state index in [9.17, 15) is 19.7 Å². The third kappa shape index (κ3) is 3.90. The van der Waals surface area contributed by atoms with Gasteiger partial charge < -0.3 is 9.64 Å². The van der Waals surface area contributed by atoms with Crippen LogP contribution in [-0.2, 0) is 9.53 Å². The van der Waals surface area contributed by atoms with Crippen LogP contribution in [0.4, 0.5) is 5.69 Å². The second kappa shape index (κ2) is 7.42. The van der Waals surface area contributed by atoms with Crippen molar-refractivity contribution in [3.05, 3.63) is 39.4 Å². The number of amides is 1. The number of carbonyl (C=O) groups is 2. The third-order valence-corrected chi connectivity index (χ3v) is 4.45. The maximum Gasteiger partial charge on any atom is 0.338 e. The number of nitro benzene ring substituents is 1. The number of ether oxygens (including phenoxy) is 1. The summed E-state index contributed by atoms with van der Waals surface area (Å²) in [5.41, 5.74) is 0.387. The summed E-state index contributed by atoms with van der Waals surface area (Å²) in [6.45, 7) is 5.21. The maximum absolute atomic E-state index is 12.3. The monoisotopic (exact) mass is 334 g/mol. The van der Waals surface area contributed by atoms with E-state index in [0.29, 0.717) is 5.56 Å². The van der Waals surface area contributed by atoms with E-state index in [4.69, 9.17) is 4.74 Å². The van der Waals surface area contributed by atoms with Crippen LogP contribution in [0.1, 0.15) is 49.0 Å². The normalized spacial score (nSPS) is 20.5. The van der Waals surface area contributed by atoms with Gasteiger partial charge in [-0.2, -0.15) is 0 Å². The second-order valence-electron chi connectivity index (χ2n) is 6.26. The van der Waals surface area contributed by atoms with Crippen molar-refractivity contribution in [2.45, 2.75) is 52.1 Å². The number of hydrogen-bond donors (Lipinski definition) is 0. The molecule has 0 bridgehead atoms. The number of piperidine rings is 1. The predicted molar refractivity (Wildman–Crippen MR) is 87.7 cm³/mol. The van der Waals surface area contributed by atoms with Gasteiger partial charge in [-0.15, -0.1) is 0 Å². The Kier molecular flexibility index (Phi) is 5.54. The molecule has 0 radical (unpaired) electrons. The van der Waals surface area contributed by atoms with Crippen LogP contribution in [-0.4, -0.2) is 40.4 Å². The minimum Gasteiger partial charge on any atom is -0.452 e. The zero-order chi connectivity index (χ0) is 17.9. The van der Waals surface area contributed by atoms with Crippen LogP contribution in [0, 0.1) is 17.0 Å². The fraction of sp³-hybridized carbons (Fsp3) is 0.529. The summed E-state index contributed by atoms with van der Waals surface area (Å²) >= 11 is 0. The van der Waals surface area contributed by atoms with Crippen LogP contribution in [0.3, 0.4) is 0 Å². The van der Waals surface area contributed by atoms with Crippen molar-refractivity contribution in [1.82, 2.24) is 4.90 Å². The van der Waals surface area contributed by atoms with Gasteiger partial charge in [0.05, 0.1) is 10.5 Å². The number of esters is 1. The van der Waals surface area contributed by atoms with Gasteiger partial charge in [0.15, 0.2) is 6.61 Å². The Morgan fingerprint density at radius 2 is 1.92 bits per heavy atom. The first-order valence-electron chi connectivity index (χ1n) is 8.04. The molecule has 1 aromatic carbocycles. The summed E-state index contributed by atoms with van der Waals surface area (Å²) in [6, 6.07) is 4.38. The summed E-state index contributed by atoms with van der Waals surface area (Å²) in [6.07, 6.45) is 2.96. The SMILES string of the molecule is Cc1ccc(C(=O)OCC(=O)N2[C@@H](C)CCC[C@@H]2C)cc1[N+](=O)[O-]. The molecule has 7 heteroatoms. The lowest BCUT2D eigenvalue weighted by molar-refractivity contribution is -0.385. The third-order valence-electron chi connectivity index (χ3n) is 4.45. The first-order valence-corrected chi connectivity index (χ1v) is 8.04. The molecule has 0 unspecified atom stereocenters. The highest BCUT2D eigenvalue weighted by molar-refractivity contribution is 5.92. The van der Waals surface area contributed by atoms with E-state index in [1.54, 1.807) is 11.8 Å². The number of nitro groups is 1. The topological polar surface area (TPSA) is 89.8 Å². The zero-order valence-corrected chi connectivity index (χ0v) is 14.2. The lowest BCUT2D eigenvalue weighted by Crippen LogP contribution is -2.49. The molecule has 1 heterocycles. The Bertz CT molecular complexity index is 648. The van der Waals surface area contributed by atoms with Crippen LogP contribution in [0.5, 0.6) is 0 Å². The molecule has 1 aliphatic rings. The number of rotatable bonds is 4. The Morgan fingerprint density at radius 3 is 2.50 bits per heavy atom. The second-order valence-corrected chi connectivity index (χ2v) is 6.26. The van der Waals surface area contributed by atoms with Gasteiger partial charge in [0.25, 0.3) is 11.6 Å². The van der Waals surface area contributed by atoms with E-state index in [1.165, 1.54) is 18.2 Å². The lowest BCUT2D eigenvalue weighted by atomic mass is 9.97. The van der Waals surface area contributed by atoms with Gasteiger partial charge in [-0.25, -0.2) is 4.79 Å². The molecule has 0 spiro atoms. The van der Waals surface area contributed by atoms with Gasteiger partial charge in [0.1, 0.15) is 0 Å². The van der Waals surface area contributed by atoms with E-state index in [2.05, 4.69) is 0 Å². The summed E-state index contributed by atoms with van der Waals surface area (Å²) in [7, 11) is 0. The van der Waals surface area contributed by atoms with Gasteiger partial charge >= 0.3 is 5.97 Å². The largest absolute Gasteiger partial charge is 0.452 e. The molecule has 130 valence electrons. The predicted octanol–water partition coefficient (Wildman–Crippen LogP) is 2.85. The van der Waals surface area contributed by atoms with Gasteiger partial charge in [-0.1, -0.05) is 6.07 Å². The summed E-state index contributed by atoms with van der Waals surface area (Å²) < 4.78 is 5.06.